The average Bonchev–Trinajstić information content (AvgIpc) is 2.74. The molecule has 0 unspecified atom stereocenters. The van der Waals surface area contributed by atoms with E-state index in [1.54, 1.807) is 0 Å². The smallest absolute Gasteiger partial charge is 0.264 e. The van der Waals surface area contributed by atoms with Crippen LogP contribution in [0.25, 0.3) is 11.4 Å². The van der Waals surface area contributed by atoms with Gasteiger partial charge in [-0.2, -0.15) is 15.0 Å². The second-order valence-electron chi connectivity index (χ2n) is 7.49. The van der Waals surface area contributed by atoms with Crippen LogP contribution >= 0.6 is 0 Å². The van der Waals surface area contributed by atoms with Gasteiger partial charge in [0.15, 0.2) is 5.82 Å². The first-order valence-corrected chi connectivity index (χ1v) is 9.93. The Hall–Kier alpha value is -2.66. The molecule has 0 saturated carbocycles. The molecule has 0 radical (unpaired) electrons. The third-order valence-electron chi connectivity index (χ3n) is 5.29. The van der Waals surface area contributed by atoms with Crippen molar-refractivity contribution < 1.29 is 18.3 Å². The molecule has 11 heteroatoms. The molecule has 2 atom stereocenters. The van der Waals surface area contributed by atoms with Crippen LogP contribution in [-0.4, -0.2) is 71.5 Å². The number of aromatic nitrogens is 4. The van der Waals surface area contributed by atoms with E-state index >= 15 is 0 Å². The van der Waals surface area contributed by atoms with Crippen LogP contribution in [0.1, 0.15) is 25.8 Å². The topological polar surface area (TPSA) is 103 Å². The van der Waals surface area contributed by atoms with Gasteiger partial charge in [0.1, 0.15) is 5.82 Å². The number of morpholine rings is 2. The van der Waals surface area contributed by atoms with E-state index in [1.807, 2.05) is 23.6 Å². The Balaban J connectivity index is 1.84. The molecule has 2 N–H and O–H groups in total. The Morgan fingerprint density at radius 1 is 1.00 bits per heavy atom. The Morgan fingerprint density at radius 2 is 1.57 bits per heavy atom. The van der Waals surface area contributed by atoms with Crippen LogP contribution in [0.2, 0.25) is 0 Å². The summed E-state index contributed by atoms with van der Waals surface area (Å²) in [5.74, 6) is 1.03. The van der Waals surface area contributed by atoms with E-state index in [2.05, 4.69) is 19.9 Å². The lowest BCUT2D eigenvalue weighted by molar-refractivity contribution is 0.0969. The fraction of sp³-hybridized carbons (Fsp3) is 0.579. The minimum Gasteiger partial charge on any atom is -0.384 e. The third-order valence-corrected chi connectivity index (χ3v) is 5.29. The molecule has 162 valence electrons. The number of nitrogens with zero attached hydrogens (tertiary/aromatic N) is 6. The molecular weight excluding hydrogens is 396 g/mol. The zero-order chi connectivity index (χ0) is 21.3. The van der Waals surface area contributed by atoms with Crippen molar-refractivity contribution in [3.63, 3.8) is 0 Å². The highest BCUT2D eigenvalue weighted by Crippen LogP contribution is 2.32. The van der Waals surface area contributed by atoms with E-state index in [1.165, 1.54) is 6.20 Å². The van der Waals surface area contributed by atoms with Gasteiger partial charge >= 0.3 is 0 Å². The number of nitrogens with two attached hydrogens (primary N) is 1. The lowest BCUT2D eigenvalue weighted by Gasteiger charge is -2.36. The molecule has 2 aliphatic rings. The molecule has 4 heterocycles. The average molecular weight is 421 g/mol. The van der Waals surface area contributed by atoms with Gasteiger partial charge in [-0.15, -0.1) is 0 Å². The first-order valence-electron chi connectivity index (χ1n) is 9.93. The number of hydrogen-bond acceptors (Lipinski definition) is 9. The normalized spacial score (nSPS) is 22.6. The summed E-state index contributed by atoms with van der Waals surface area (Å²) >= 11 is 0. The summed E-state index contributed by atoms with van der Waals surface area (Å²) in [5.41, 5.74) is 5.52. The highest BCUT2D eigenvalue weighted by molar-refractivity contribution is 5.64. The van der Waals surface area contributed by atoms with Crippen molar-refractivity contribution in [1.82, 2.24) is 19.9 Å². The Morgan fingerprint density at radius 3 is 2.07 bits per heavy atom. The molecule has 0 spiro atoms. The van der Waals surface area contributed by atoms with Crippen LogP contribution in [0.15, 0.2) is 12.3 Å². The summed E-state index contributed by atoms with van der Waals surface area (Å²) in [6.45, 7) is 7.38. The maximum absolute atomic E-state index is 13.7. The summed E-state index contributed by atoms with van der Waals surface area (Å²) < 4.78 is 38.5. The lowest BCUT2D eigenvalue weighted by atomic mass is 10.1. The predicted octanol–water partition coefficient (Wildman–Crippen LogP) is 1.90. The lowest BCUT2D eigenvalue weighted by Crippen LogP contribution is -2.46. The highest BCUT2D eigenvalue weighted by atomic mass is 19.3. The molecule has 2 saturated heterocycles. The zero-order valence-electron chi connectivity index (χ0n) is 17.0. The number of halogens is 2. The number of rotatable bonds is 4. The summed E-state index contributed by atoms with van der Waals surface area (Å²) in [7, 11) is 0. The molecule has 2 aromatic rings. The van der Waals surface area contributed by atoms with Gasteiger partial charge in [0, 0.05) is 30.4 Å². The van der Waals surface area contributed by atoms with Gasteiger partial charge in [-0.3, -0.25) is 0 Å². The van der Waals surface area contributed by atoms with Crippen molar-refractivity contribution in [3.05, 3.63) is 17.8 Å². The van der Waals surface area contributed by atoms with E-state index in [4.69, 9.17) is 15.2 Å². The van der Waals surface area contributed by atoms with Crippen molar-refractivity contribution in [2.75, 3.05) is 55.1 Å². The fourth-order valence-corrected chi connectivity index (χ4v) is 3.64. The molecule has 0 amide bonds. The van der Waals surface area contributed by atoms with Crippen molar-refractivity contribution in [2.45, 2.75) is 32.4 Å². The molecule has 4 rings (SSSR count). The van der Waals surface area contributed by atoms with E-state index in [0.29, 0.717) is 51.4 Å². The summed E-state index contributed by atoms with van der Waals surface area (Å²) in [6.07, 6.45) is -1.44. The molecular formula is C19H25F2N7O2. The first-order chi connectivity index (χ1) is 14.4. The second-order valence-corrected chi connectivity index (χ2v) is 7.49. The Kier molecular flexibility index (Phi) is 5.91. The minimum absolute atomic E-state index is 0.0205. The SMILES string of the molecule is C[C@@H]1COCCN1c1nc(-c2cnc(N)cc2C(F)F)nc(N2CCOC[C@@H]2C)n1. The summed E-state index contributed by atoms with van der Waals surface area (Å²) in [4.78, 5) is 21.8. The molecule has 30 heavy (non-hydrogen) atoms. The van der Waals surface area contributed by atoms with Gasteiger partial charge < -0.3 is 25.0 Å². The van der Waals surface area contributed by atoms with Crippen molar-refractivity contribution in [3.8, 4) is 11.4 Å². The molecule has 0 aliphatic carbocycles. The Bertz CT molecular complexity index is 861. The molecule has 0 bridgehead atoms. The van der Waals surface area contributed by atoms with Gasteiger partial charge in [-0.25, -0.2) is 13.8 Å². The van der Waals surface area contributed by atoms with Gasteiger partial charge in [-0.1, -0.05) is 0 Å². The highest BCUT2D eigenvalue weighted by Gasteiger charge is 2.28. The van der Waals surface area contributed by atoms with Gasteiger partial charge in [-0.05, 0) is 19.9 Å². The van der Waals surface area contributed by atoms with Crippen LogP contribution in [0.5, 0.6) is 0 Å². The molecule has 9 nitrogen and oxygen atoms in total. The van der Waals surface area contributed by atoms with Crippen molar-refractivity contribution >= 4 is 17.7 Å². The van der Waals surface area contributed by atoms with Crippen LogP contribution < -0.4 is 15.5 Å². The van der Waals surface area contributed by atoms with Gasteiger partial charge in [0.05, 0.1) is 38.5 Å². The van der Waals surface area contributed by atoms with Crippen LogP contribution in [-0.2, 0) is 9.47 Å². The maximum Gasteiger partial charge on any atom is 0.264 e. The second kappa shape index (κ2) is 8.60. The standard InChI is InChI=1S/C19H25F2N7O2/c1-11-9-29-5-3-27(11)18-24-17(14-8-23-15(22)7-13(14)16(20)21)25-19(26-18)28-4-6-30-10-12(28)2/h7-8,11-12,16H,3-6,9-10H2,1-2H3,(H2,22,23)/t11-,12+. The number of hydrogen-bond donors (Lipinski definition) is 1. The maximum atomic E-state index is 13.7. The molecule has 0 aromatic carbocycles. The minimum atomic E-state index is -2.74. The van der Waals surface area contributed by atoms with Crippen LogP contribution in [0.4, 0.5) is 26.5 Å². The van der Waals surface area contributed by atoms with E-state index in [0.717, 1.165) is 6.07 Å². The zero-order valence-corrected chi connectivity index (χ0v) is 17.0. The third kappa shape index (κ3) is 4.12. The number of anilines is 3. The quantitative estimate of drug-likeness (QED) is 0.793. The van der Waals surface area contributed by atoms with E-state index in [9.17, 15) is 8.78 Å². The number of ether oxygens (including phenoxy) is 2. The van der Waals surface area contributed by atoms with E-state index in [-0.39, 0.29) is 34.9 Å². The van der Waals surface area contributed by atoms with E-state index < -0.39 is 6.43 Å². The van der Waals surface area contributed by atoms with Gasteiger partial charge in [0.2, 0.25) is 11.9 Å². The van der Waals surface area contributed by atoms with Gasteiger partial charge in [0.25, 0.3) is 6.43 Å². The predicted molar refractivity (Wildman–Crippen MR) is 108 cm³/mol. The number of alkyl halides is 2. The molecule has 2 aliphatic heterocycles. The van der Waals surface area contributed by atoms with Crippen molar-refractivity contribution in [1.29, 1.82) is 0 Å². The molecule has 2 fully saturated rings. The van der Waals surface area contributed by atoms with Crippen LogP contribution in [0.3, 0.4) is 0 Å². The summed E-state index contributed by atoms with van der Waals surface area (Å²) in [5, 5.41) is 0. The fourth-order valence-electron chi connectivity index (χ4n) is 3.64. The largest absolute Gasteiger partial charge is 0.384 e. The first kappa shape index (κ1) is 20.6. The Labute approximate surface area is 173 Å². The van der Waals surface area contributed by atoms with Crippen LogP contribution in [0, 0.1) is 0 Å². The molecule has 2 aromatic heterocycles. The van der Waals surface area contributed by atoms with Crippen molar-refractivity contribution in [2.24, 2.45) is 0 Å². The number of nitrogen functional groups attached to an aromatic ring is 1. The monoisotopic (exact) mass is 421 g/mol. The number of pyridine rings is 1. The summed E-state index contributed by atoms with van der Waals surface area (Å²) in [6, 6.07) is 1.25.